The Morgan fingerprint density at radius 3 is 2.44 bits per heavy atom. The number of hydrogen-bond acceptors (Lipinski definition) is 4. The predicted octanol–water partition coefficient (Wildman–Crippen LogP) is 4.80. The lowest BCUT2D eigenvalue weighted by Crippen LogP contribution is -2.23. The Kier molecular flexibility index (Phi) is 10.3. The molecule has 6 nitrogen and oxygen atoms in total. The van der Waals surface area contributed by atoms with E-state index in [0.717, 1.165) is 21.5 Å². The number of nitrogens with zero attached hydrogens (tertiary/aromatic N) is 1. The van der Waals surface area contributed by atoms with E-state index in [1.54, 1.807) is 7.11 Å². The standard InChI is InChI=1S/C19H24BrN3O3.HI/c1-4-25-15-7-9-18(26-5-2)16(11-15)23-19(21)22-12-13-10-14(20)6-8-17(13)24-3;/h6-11H,4-5,12H2,1-3H3,(H3,21,22,23);1H. The van der Waals surface area contributed by atoms with Crippen LogP contribution in [-0.2, 0) is 6.54 Å². The molecule has 0 saturated carbocycles. The molecule has 0 aliphatic rings. The highest BCUT2D eigenvalue weighted by molar-refractivity contribution is 14.0. The van der Waals surface area contributed by atoms with E-state index >= 15 is 0 Å². The van der Waals surface area contributed by atoms with Crippen molar-refractivity contribution in [3.63, 3.8) is 0 Å². The lowest BCUT2D eigenvalue weighted by molar-refractivity contribution is 0.332. The van der Waals surface area contributed by atoms with Gasteiger partial charge < -0.3 is 25.3 Å². The van der Waals surface area contributed by atoms with Crippen molar-refractivity contribution >= 4 is 51.6 Å². The highest BCUT2D eigenvalue weighted by Gasteiger charge is 2.08. The minimum atomic E-state index is 0. The van der Waals surface area contributed by atoms with Crippen molar-refractivity contribution in [3.05, 3.63) is 46.4 Å². The van der Waals surface area contributed by atoms with Crippen LogP contribution in [0.15, 0.2) is 45.9 Å². The first kappa shape index (κ1) is 23.4. The molecule has 8 heteroatoms. The van der Waals surface area contributed by atoms with Gasteiger partial charge in [0.05, 0.1) is 32.6 Å². The molecule has 0 amide bonds. The summed E-state index contributed by atoms with van der Waals surface area (Å²) in [5, 5.41) is 3.09. The highest BCUT2D eigenvalue weighted by Crippen LogP contribution is 2.29. The minimum Gasteiger partial charge on any atom is -0.496 e. The van der Waals surface area contributed by atoms with E-state index in [4.69, 9.17) is 19.9 Å². The second-order valence-corrected chi connectivity index (χ2v) is 6.22. The molecule has 0 saturated heterocycles. The maximum Gasteiger partial charge on any atom is 0.193 e. The van der Waals surface area contributed by atoms with Gasteiger partial charge in [-0.2, -0.15) is 0 Å². The number of nitrogens with two attached hydrogens (primary N) is 1. The molecule has 0 aromatic heterocycles. The van der Waals surface area contributed by atoms with E-state index in [1.807, 2.05) is 50.2 Å². The fourth-order valence-corrected chi connectivity index (χ4v) is 2.77. The van der Waals surface area contributed by atoms with Crippen molar-refractivity contribution in [2.75, 3.05) is 25.6 Å². The Labute approximate surface area is 185 Å². The molecule has 2 rings (SSSR count). The first-order valence-corrected chi connectivity index (χ1v) is 9.15. The number of nitrogens with one attached hydrogen (secondary N) is 1. The first-order valence-electron chi connectivity index (χ1n) is 8.36. The summed E-state index contributed by atoms with van der Waals surface area (Å²) in [5.41, 5.74) is 7.70. The molecule has 0 unspecified atom stereocenters. The third-order valence-corrected chi connectivity index (χ3v) is 3.98. The zero-order valence-electron chi connectivity index (χ0n) is 15.6. The monoisotopic (exact) mass is 549 g/mol. The van der Waals surface area contributed by atoms with Gasteiger partial charge in [-0.1, -0.05) is 15.9 Å². The van der Waals surface area contributed by atoms with Gasteiger partial charge in [-0.25, -0.2) is 4.99 Å². The molecule has 27 heavy (non-hydrogen) atoms. The summed E-state index contributed by atoms with van der Waals surface area (Å²) in [7, 11) is 1.63. The molecule has 3 N–H and O–H groups in total. The van der Waals surface area contributed by atoms with Crippen molar-refractivity contribution in [1.82, 2.24) is 0 Å². The van der Waals surface area contributed by atoms with E-state index in [-0.39, 0.29) is 29.9 Å². The van der Waals surface area contributed by atoms with Crippen molar-refractivity contribution in [1.29, 1.82) is 0 Å². The van der Waals surface area contributed by atoms with Gasteiger partial charge in [0.25, 0.3) is 0 Å². The number of guanidine groups is 1. The predicted molar refractivity (Wildman–Crippen MR) is 124 cm³/mol. The van der Waals surface area contributed by atoms with Crippen LogP contribution >= 0.6 is 39.9 Å². The van der Waals surface area contributed by atoms with Crippen LogP contribution in [0.1, 0.15) is 19.4 Å². The molecular weight excluding hydrogens is 525 g/mol. The number of halogens is 2. The molecule has 0 aliphatic heterocycles. The third kappa shape index (κ3) is 7.10. The van der Waals surface area contributed by atoms with Crippen LogP contribution in [0.2, 0.25) is 0 Å². The Balaban J connectivity index is 0.00000364. The molecule has 0 spiro atoms. The van der Waals surface area contributed by atoms with Gasteiger partial charge in [0.15, 0.2) is 5.96 Å². The van der Waals surface area contributed by atoms with Crippen molar-refractivity contribution in [2.24, 2.45) is 10.7 Å². The van der Waals surface area contributed by atoms with Crippen molar-refractivity contribution < 1.29 is 14.2 Å². The van der Waals surface area contributed by atoms with Crippen LogP contribution in [0.4, 0.5) is 5.69 Å². The first-order chi connectivity index (χ1) is 12.6. The largest absolute Gasteiger partial charge is 0.496 e. The van der Waals surface area contributed by atoms with E-state index in [0.29, 0.717) is 31.2 Å². The number of hydrogen-bond donors (Lipinski definition) is 2. The zero-order valence-corrected chi connectivity index (χ0v) is 19.5. The molecule has 2 aromatic rings. The number of rotatable bonds is 8. The smallest absolute Gasteiger partial charge is 0.193 e. The van der Waals surface area contributed by atoms with E-state index < -0.39 is 0 Å². The SMILES string of the molecule is CCOc1ccc(OCC)c(NC(N)=NCc2cc(Br)ccc2OC)c1.I. The zero-order chi connectivity index (χ0) is 18.9. The molecule has 0 bridgehead atoms. The summed E-state index contributed by atoms with van der Waals surface area (Å²) in [4.78, 5) is 4.40. The Morgan fingerprint density at radius 2 is 1.78 bits per heavy atom. The van der Waals surface area contributed by atoms with Gasteiger partial charge in [0.2, 0.25) is 0 Å². The normalized spacial score (nSPS) is 10.7. The summed E-state index contributed by atoms with van der Waals surface area (Å²) < 4.78 is 17.5. The van der Waals surface area contributed by atoms with Gasteiger partial charge in [0.1, 0.15) is 17.2 Å². The molecule has 148 valence electrons. The van der Waals surface area contributed by atoms with Crippen LogP contribution in [0, 0.1) is 0 Å². The van der Waals surface area contributed by atoms with Crippen LogP contribution < -0.4 is 25.3 Å². The molecule has 0 aliphatic carbocycles. The van der Waals surface area contributed by atoms with Gasteiger partial charge in [0, 0.05) is 16.1 Å². The number of ether oxygens (including phenoxy) is 3. The molecule has 0 heterocycles. The highest BCUT2D eigenvalue weighted by atomic mass is 127. The Hall–Kier alpha value is -1.68. The third-order valence-electron chi connectivity index (χ3n) is 3.49. The van der Waals surface area contributed by atoms with E-state index in [2.05, 4.69) is 26.2 Å². The van der Waals surface area contributed by atoms with E-state index in [9.17, 15) is 0 Å². The van der Waals surface area contributed by atoms with Crippen LogP contribution in [0.3, 0.4) is 0 Å². The number of anilines is 1. The second kappa shape index (κ2) is 11.9. The lowest BCUT2D eigenvalue weighted by atomic mass is 10.2. The minimum absolute atomic E-state index is 0. The summed E-state index contributed by atoms with van der Waals surface area (Å²) in [6.45, 7) is 5.38. The quantitative estimate of drug-likeness (QED) is 0.281. The molecule has 0 fully saturated rings. The van der Waals surface area contributed by atoms with Gasteiger partial charge in [-0.15, -0.1) is 24.0 Å². The van der Waals surface area contributed by atoms with Crippen molar-refractivity contribution in [2.45, 2.75) is 20.4 Å². The van der Waals surface area contributed by atoms with E-state index in [1.165, 1.54) is 0 Å². The van der Waals surface area contributed by atoms with Crippen LogP contribution in [-0.4, -0.2) is 26.3 Å². The fraction of sp³-hybridized carbons (Fsp3) is 0.316. The summed E-state index contributed by atoms with van der Waals surface area (Å²) in [5.74, 6) is 2.47. The summed E-state index contributed by atoms with van der Waals surface area (Å²) in [6, 6.07) is 11.3. The molecular formula is C19H25BrIN3O3. The average Bonchev–Trinajstić information content (AvgIpc) is 2.62. The molecule has 2 aromatic carbocycles. The average molecular weight is 550 g/mol. The van der Waals surface area contributed by atoms with Crippen LogP contribution in [0.25, 0.3) is 0 Å². The van der Waals surface area contributed by atoms with Gasteiger partial charge >= 0.3 is 0 Å². The molecule has 0 atom stereocenters. The summed E-state index contributed by atoms with van der Waals surface area (Å²) >= 11 is 3.45. The Bertz CT molecular complexity index is 772. The maximum atomic E-state index is 6.06. The lowest BCUT2D eigenvalue weighted by Gasteiger charge is -2.14. The summed E-state index contributed by atoms with van der Waals surface area (Å²) in [6.07, 6.45) is 0. The number of aliphatic imine (C=N–C) groups is 1. The van der Waals surface area contributed by atoms with Crippen molar-refractivity contribution in [3.8, 4) is 17.2 Å². The van der Waals surface area contributed by atoms with Gasteiger partial charge in [-0.3, -0.25) is 0 Å². The molecule has 0 radical (unpaired) electrons. The maximum absolute atomic E-state index is 6.06. The topological polar surface area (TPSA) is 78.1 Å². The number of methoxy groups -OCH3 is 1. The van der Waals surface area contributed by atoms with Crippen LogP contribution in [0.5, 0.6) is 17.2 Å². The second-order valence-electron chi connectivity index (χ2n) is 5.31. The Morgan fingerprint density at radius 1 is 1.07 bits per heavy atom. The number of benzene rings is 2. The van der Waals surface area contributed by atoms with Gasteiger partial charge in [-0.05, 0) is 44.2 Å². The fourth-order valence-electron chi connectivity index (χ4n) is 2.36.